The SMILES string of the molecule is Cc1cc(C(=O)NCc2nc(C3CCCCC3)cs2)no1. The fourth-order valence-corrected chi connectivity index (χ4v) is 3.53. The molecule has 1 aliphatic carbocycles. The van der Waals surface area contributed by atoms with E-state index in [1.165, 1.54) is 37.8 Å². The molecule has 0 saturated heterocycles. The van der Waals surface area contributed by atoms with E-state index in [4.69, 9.17) is 4.52 Å². The Bertz CT molecular complexity index is 614. The predicted molar refractivity (Wildman–Crippen MR) is 80.4 cm³/mol. The van der Waals surface area contributed by atoms with E-state index in [1.807, 2.05) is 0 Å². The van der Waals surface area contributed by atoms with Gasteiger partial charge in [-0.15, -0.1) is 11.3 Å². The summed E-state index contributed by atoms with van der Waals surface area (Å²) in [5, 5.41) is 9.62. The van der Waals surface area contributed by atoms with E-state index in [9.17, 15) is 4.79 Å². The smallest absolute Gasteiger partial charge is 0.273 e. The monoisotopic (exact) mass is 305 g/mol. The first-order valence-electron chi connectivity index (χ1n) is 7.38. The summed E-state index contributed by atoms with van der Waals surface area (Å²) >= 11 is 1.62. The Labute approximate surface area is 127 Å². The van der Waals surface area contributed by atoms with Crippen molar-refractivity contribution >= 4 is 17.2 Å². The van der Waals surface area contributed by atoms with Crippen LogP contribution >= 0.6 is 11.3 Å². The first-order chi connectivity index (χ1) is 10.2. The van der Waals surface area contributed by atoms with Gasteiger partial charge in [0.2, 0.25) is 0 Å². The van der Waals surface area contributed by atoms with Crippen LogP contribution in [0.25, 0.3) is 0 Å². The van der Waals surface area contributed by atoms with Crippen molar-refractivity contribution < 1.29 is 9.32 Å². The molecule has 1 saturated carbocycles. The Kier molecular flexibility index (Phi) is 4.34. The van der Waals surface area contributed by atoms with Gasteiger partial charge in [-0.1, -0.05) is 24.4 Å². The molecule has 1 fully saturated rings. The second-order valence-electron chi connectivity index (χ2n) is 5.51. The van der Waals surface area contributed by atoms with E-state index in [2.05, 4.69) is 20.8 Å². The van der Waals surface area contributed by atoms with Crippen LogP contribution in [0.2, 0.25) is 0 Å². The number of carbonyl (C=O) groups is 1. The summed E-state index contributed by atoms with van der Waals surface area (Å²) in [4.78, 5) is 16.5. The molecule has 21 heavy (non-hydrogen) atoms. The van der Waals surface area contributed by atoms with Crippen molar-refractivity contribution in [3.8, 4) is 0 Å². The second kappa shape index (κ2) is 6.39. The van der Waals surface area contributed by atoms with Crippen LogP contribution in [-0.4, -0.2) is 16.0 Å². The van der Waals surface area contributed by atoms with E-state index >= 15 is 0 Å². The molecule has 1 aliphatic rings. The molecule has 0 spiro atoms. The van der Waals surface area contributed by atoms with Gasteiger partial charge < -0.3 is 9.84 Å². The third-order valence-corrected chi connectivity index (χ3v) is 4.72. The Morgan fingerprint density at radius 2 is 2.24 bits per heavy atom. The van der Waals surface area contributed by atoms with Gasteiger partial charge in [0.15, 0.2) is 5.69 Å². The number of nitrogens with zero attached hydrogens (tertiary/aromatic N) is 2. The van der Waals surface area contributed by atoms with Crippen LogP contribution in [0.5, 0.6) is 0 Å². The minimum atomic E-state index is -0.221. The predicted octanol–water partition coefficient (Wildman–Crippen LogP) is 3.42. The Hall–Kier alpha value is -1.69. The van der Waals surface area contributed by atoms with Gasteiger partial charge in [-0.05, 0) is 19.8 Å². The van der Waals surface area contributed by atoms with Crippen LogP contribution in [-0.2, 0) is 6.54 Å². The van der Waals surface area contributed by atoms with Crippen LogP contribution in [0.4, 0.5) is 0 Å². The van der Waals surface area contributed by atoms with Gasteiger partial charge in [0.25, 0.3) is 5.91 Å². The summed E-state index contributed by atoms with van der Waals surface area (Å²) in [5.74, 6) is 1.02. The third kappa shape index (κ3) is 3.50. The van der Waals surface area contributed by atoms with Crippen molar-refractivity contribution in [2.45, 2.75) is 51.5 Å². The highest BCUT2D eigenvalue weighted by molar-refractivity contribution is 7.09. The van der Waals surface area contributed by atoms with Gasteiger partial charge in [-0.25, -0.2) is 4.98 Å². The first kappa shape index (κ1) is 14.3. The number of rotatable bonds is 4. The number of hydrogen-bond donors (Lipinski definition) is 1. The van der Waals surface area contributed by atoms with Crippen LogP contribution in [0.15, 0.2) is 16.0 Å². The average molecular weight is 305 g/mol. The normalized spacial score (nSPS) is 16.0. The summed E-state index contributed by atoms with van der Waals surface area (Å²) < 4.78 is 4.90. The van der Waals surface area contributed by atoms with E-state index in [0.29, 0.717) is 23.9 Å². The lowest BCUT2D eigenvalue weighted by atomic mass is 9.87. The maximum Gasteiger partial charge on any atom is 0.273 e. The summed E-state index contributed by atoms with van der Waals surface area (Å²) in [6.45, 7) is 2.21. The number of nitrogens with one attached hydrogen (secondary N) is 1. The van der Waals surface area contributed by atoms with Crippen molar-refractivity contribution in [1.29, 1.82) is 0 Å². The molecule has 6 heteroatoms. The van der Waals surface area contributed by atoms with Crippen LogP contribution in [0.1, 0.15) is 65.0 Å². The molecular formula is C15H19N3O2S. The van der Waals surface area contributed by atoms with E-state index < -0.39 is 0 Å². The Morgan fingerprint density at radius 1 is 1.43 bits per heavy atom. The minimum absolute atomic E-state index is 0.221. The topological polar surface area (TPSA) is 68.0 Å². The number of amides is 1. The fraction of sp³-hybridized carbons (Fsp3) is 0.533. The number of aromatic nitrogens is 2. The molecule has 1 amide bonds. The average Bonchev–Trinajstić information content (AvgIpc) is 3.15. The molecule has 0 aliphatic heterocycles. The molecule has 0 radical (unpaired) electrons. The van der Waals surface area contributed by atoms with Gasteiger partial charge >= 0.3 is 0 Å². The van der Waals surface area contributed by atoms with Gasteiger partial charge in [0.1, 0.15) is 10.8 Å². The molecule has 0 unspecified atom stereocenters. The van der Waals surface area contributed by atoms with Crippen molar-refractivity contribution in [2.75, 3.05) is 0 Å². The third-order valence-electron chi connectivity index (χ3n) is 3.85. The largest absolute Gasteiger partial charge is 0.361 e. The van der Waals surface area contributed by atoms with Crippen LogP contribution in [0, 0.1) is 6.92 Å². The van der Waals surface area contributed by atoms with E-state index in [0.717, 1.165) is 5.01 Å². The van der Waals surface area contributed by atoms with Crippen molar-refractivity contribution in [3.63, 3.8) is 0 Å². The lowest BCUT2D eigenvalue weighted by molar-refractivity contribution is 0.0941. The molecule has 0 atom stereocenters. The molecule has 2 heterocycles. The molecule has 3 rings (SSSR count). The molecular weight excluding hydrogens is 286 g/mol. The Balaban J connectivity index is 1.56. The molecule has 5 nitrogen and oxygen atoms in total. The zero-order valence-electron chi connectivity index (χ0n) is 12.1. The van der Waals surface area contributed by atoms with Gasteiger partial charge in [0.05, 0.1) is 12.2 Å². The molecule has 112 valence electrons. The quantitative estimate of drug-likeness (QED) is 0.939. The van der Waals surface area contributed by atoms with Crippen LogP contribution in [0.3, 0.4) is 0 Å². The van der Waals surface area contributed by atoms with Gasteiger partial charge in [-0.2, -0.15) is 0 Å². The summed E-state index contributed by atoms with van der Waals surface area (Å²) in [6, 6.07) is 1.63. The molecule has 0 bridgehead atoms. The molecule has 1 N–H and O–H groups in total. The first-order valence-corrected chi connectivity index (χ1v) is 8.26. The number of hydrogen-bond acceptors (Lipinski definition) is 5. The van der Waals surface area contributed by atoms with Crippen molar-refractivity contribution in [3.05, 3.63) is 33.6 Å². The lowest BCUT2D eigenvalue weighted by Gasteiger charge is -2.19. The van der Waals surface area contributed by atoms with Gasteiger partial charge in [0, 0.05) is 17.4 Å². The van der Waals surface area contributed by atoms with Crippen molar-refractivity contribution in [1.82, 2.24) is 15.5 Å². The maximum absolute atomic E-state index is 11.9. The van der Waals surface area contributed by atoms with Gasteiger partial charge in [-0.3, -0.25) is 4.79 Å². The highest BCUT2D eigenvalue weighted by atomic mass is 32.1. The highest BCUT2D eigenvalue weighted by Gasteiger charge is 2.18. The zero-order valence-corrected chi connectivity index (χ0v) is 12.9. The van der Waals surface area contributed by atoms with E-state index in [-0.39, 0.29) is 5.91 Å². The second-order valence-corrected chi connectivity index (χ2v) is 6.45. The van der Waals surface area contributed by atoms with Crippen LogP contribution < -0.4 is 5.32 Å². The molecule has 2 aromatic rings. The van der Waals surface area contributed by atoms with E-state index in [1.54, 1.807) is 24.3 Å². The lowest BCUT2D eigenvalue weighted by Crippen LogP contribution is -2.23. The summed E-state index contributed by atoms with van der Waals surface area (Å²) in [6.07, 6.45) is 6.45. The maximum atomic E-state index is 11.9. The molecule has 0 aromatic carbocycles. The Morgan fingerprint density at radius 3 is 2.95 bits per heavy atom. The molecule has 2 aromatic heterocycles. The number of thiazole rings is 1. The zero-order chi connectivity index (χ0) is 14.7. The number of aryl methyl sites for hydroxylation is 1. The highest BCUT2D eigenvalue weighted by Crippen LogP contribution is 2.32. The van der Waals surface area contributed by atoms with Crippen molar-refractivity contribution in [2.24, 2.45) is 0 Å². The minimum Gasteiger partial charge on any atom is -0.361 e. The number of carbonyl (C=O) groups excluding carboxylic acids is 1. The fourth-order valence-electron chi connectivity index (χ4n) is 2.71. The summed E-state index contributed by atoms with van der Waals surface area (Å²) in [7, 11) is 0. The standard InChI is InChI=1S/C15H19N3O2S/c1-10-7-12(18-20-10)15(19)16-8-14-17-13(9-21-14)11-5-3-2-4-6-11/h7,9,11H,2-6,8H2,1H3,(H,16,19). The summed E-state index contributed by atoms with van der Waals surface area (Å²) in [5.41, 5.74) is 1.51.